The smallest absolute Gasteiger partial charge is 0.254 e. The van der Waals surface area contributed by atoms with Crippen LogP contribution in [0.2, 0.25) is 0 Å². The minimum absolute atomic E-state index is 0.00351. The summed E-state index contributed by atoms with van der Waals surface area (Å²) in [7, 11) is 1.57. The minimum atomic E-state index is 0.00351. The highest BCUT2D eigenvalue weighted by Gasteiger charge is 2.26. The van der Waals surface area contributed by atoms with Crippen molar-refractivity contribution in [3.05, 3.63) is 38.5 Å². The first kappa shape index (κ1) is 18.6. The minimum Gasteiger partial charge on any atom is -0.493 e. The average Bonchev–Trinajstić information content (AvgIpc) is 3.11. The van der Waals surface area contributed by atoms with Crippen molar-refractivity contribution < 1.29 is 19.0 Å². The lowest BCUT2D eigenvalue weighted by atomic mass is 10.1. The van der Waals surface area contributed by atoms with Crippen molar-refractivity contribution in [1.82, 2.24) is 9.80 Å². The van der Waals surface area contributed by atoms with Gasteiger partial charge in [0.2, 0.25) is 5.75 Å². The number of piperazine rings is 1. The highest BCUT2D eigenvalue weighted by Crippen LogP contribution is 2.40. The second-order valence-electron chi connectivity index (χ2n) is 6.48. The van der Waals surface area contributed by atoms with Crippen molar-refractivity contribution in [3.8, 4) is 17.2 Å². The van der Waals surface area contributed by atoms with Gasteiger partial charge in [0, 0.05) is 43.2 Å². The third kappa shape index (κ3) is 4.07. The van der Waals surface area contributed by atoms with Crippen molar-refractivity contribution in [2.75, 3.05) is 46.5 Å². The summed E-state index contributed by atoms with van der Waals surface area (Å²) in [6.07, 6.45) is 0. The summed E-state index contributed by atoms with van der Waals surface area (Å²) in [6.45, 7) is 5.04. The van der Waals surface area contributed by atoms with Crippen LogP contribution in [0.1, 0.15) is 15.2 Å². The predicted octanol–water partition coefficient (Wildman–Crippen LogP) is 3.25. The molecule has 0 atom stereocenters. The van der Waals surface area contributed by atoms with Crippen molar-refractivity contribution >= 4 is 33.2 Å². The van der Waals surface area contributed by atoms with Gasteiger partial charge in [0.05, 0.1) is 10.9 Å². The molecule has 2 aliphatic heterocycles. The Hall–Kier alpha value is -1.77. The maximum absolute atomic E-state index is 13.0. The fraction of sp³-hybridized carbons (Fsp3) is 0.421. The van der Waals surface area contributed by atoms with Gasteiger partial charge in [-0.3, -0.25) is 9.69 Å². The van der Waals surface area contributed by atoms with E-state index in [1.807, 2.05) is 4.90 Å². The molecule has 1 fully saturated rings. The van der Waals surface area contributed by atoms with Gasteiger partial charge in [-0.15, -0.1) is 11.3 Å². The Labute approximate surface area is 170 Å². The van der Waals surface area contributed by atoms with Gasteiger partial charge in [0.1, 0.15) is 13.2 Å². The Morgan fingerprint density at radius 1 is 1.19 bits per heavy atom. The molecule has 1 aromatic heterocycles. The number of halogens is 1. The topological polar surface area (TPSA) is 51.2 Å². The van der Waals surface area contributed by atoms with E-state index in [1.165, 1.54) is 4.88 Å². The molecule has 0 unspecified atom stereocenters. The largest absolute Gasteiger partial charge is 0.493 e. The first-order valence-corrected chi connectivity index (χ1v) is 10.5. The standard InChI is InChI=1S/C19H21BrN2O4S/c1-24-15-10-13(11-16-18(15)26-9-8-25-16)19(23)22-6-4-21(5-7-22)12-14-2-3-17(20)27-14/h2-3,10-11H,4-9,12H2,1H3. The van der Waals surface area contributed by atoms with Crippen molar-refractivity contribution in [3.63, 3.8) is 0 Å². The fourth-order valence-electron chi connectivity index (χ4n) is 3.35. The second kappa shape index (κ2) is 8.08. The molecule has 1 aromatic carbocycles. The number of hydrogen-bond donors (Lipinski definition) is 0. The molecule has 3 heterocycles. The van der Waals surface area contributed by atoms with E-state index in [-0.39, 0.29) is 5.91 Å². The number of benzene rings is 1. The fourth-order valence-corrected chi connectivity index (χ4v) is 4.87. The number of thiophene rings is 1. The number of carbonyl (C=O) groups excluding carboxylic acids is 1. The van der Waals surface area contributed by atoms with Gasteiger partial charge >= 0.3 is 0 Å². The number of carbonyl (C=O) groups is 1. The molecule has 0 radical (unpaired) electrons. The lowest BCUT2D eigenvalue weighted by molar-refractivity contribution is 0.0628. The van der Waals surface area contributed by atoms with Crippen LogP contribution in [0.15, 0.2) is 28.1 Å². The third-order valence-corrected chi connectivity index (χ3v) is 6.35. The van der Waals surface area contributed by atoms with Gasteiger partial charge < -0.3 is 19.1 Å². The zero-order valence-corrected chi connectivity index (χ0v) is 17.5. The number of ether oxygens (including phenoxy) is 3. The molecule has 8 heteroatoms. The van der Waals surface area contributed by atoms with Crippen LogP contribution in [0.3, 0.4) is 0 Å². The van der Waals surface area contributed by atoms with Crippen LogP contribution < -0.4 is 14.2 Å². The maximum atomic E-state index is 13.0. The summed E-state index contributed by atoms with van der Waals surface area (Å²) in [5.41, 5.74) is 0.576. The van der Waals surface area contributed by atoms with E-state index >= 15 is 0 Å². The lowest BCUT2D eigenvalue weighted by Gasteiger charge is -2.34. The molecule has 0 saturated carbocycles. The second-order valence-corrected chi connectivity index (χ2v) is 9.02. The van der Waals surface area contributed by atoms with Crippen LogP contribution in [0.5, 0.6) is 17.2 Å². The van der Waals surface area contributed by atoms with Gasteiger partial charge in [-0.1, -0.05) is 0 Å². The molecule has 0 bridgehead atoms. The summed E-state index contributed by atoms with van der Waals surface area (Å²) < 4.78 is 17.8. The van der Waals surface area contributed by atoms with Crippen LogP contribution in [-0.2, 0) is 6.54 Å². The highest BCUT2D eigenvalue weighted by molar-refractivity contribution is 9.11. The first-order chi connectivity index (χ1) is 13.1. The average molecular weight is 453 g/mol. The van der Waals surface area contributed by atoms with Gasteiger partial charge in [-0.05, 0) is 40.2 Å². The van der Waals surface area contributed by atoms with Crippen molar-refractivity contribution in [2.45, 2.75) is 6.54 Å². The quantitative estimate of drug-likeness (QED) is 0.712. The SMILES string of the molecule is COc1cc(C(=O)N2CCN(Cc3ccc(Br)s3)CC2)cc2c1OCCO2. The van der Waals surface area contributed by atoms with Gasteiger partial charge in [0.25, 0.3) is 5.91 Å². The Balaban J connectivity index is 1.42. The summed E-state index contributed by atoms with van der Waals surface area (Å²) in [5, 5.41) is 0. The third-order valence-electron chi connectivity index (χ3n) is 4.74. The summed E-state index contributed by atoms with van der Waals surface area (Å²) in [6, 6.07) is 7.73. The summed E-state index contributed by atoms with van der Waals surface area (Å²) in [5.74, 6) is 1.69. The van der Waals surface area contributed by atoms with E-state index in [0.29, 0.717) is 49.1 Å². The van der Waals surface area contributed by atoms with E-state index in [4.69, 9.17) is 14.2 Å². The zero-order chi connectivity index (χ0) is 18.8. The first-order valence-electron chi connectivity index (χ1n) is 8.87. The number of rotatable bonds is 4. The van der Waals surface area contributed by atoms with Crippen LogP contribution in [-0.4, -0.2) is 62.2 Å². The lowest BCUT2D eigenvalue weighted by Crippen LogP contribution is -2.48. The molecule has 0 N–H and O–H groups in total. The molecular weight excluding hydrogens is 432 g/mol. The number of amides is 1. The van der Waals surface area contributed by atoms with E-state index in [2.05, 4.69) is 33.0 Å². The predicted molar refractivity (Wildman–Crippen MR) is 107 cm³/mol. The normalized spacial score (nSPS) is 17.0. The Morgan fingerprint density at radius 2 is 1.96 bits per heavy atom. The van der Waals surface area contributed by atoms with Crippen LogP contribution in [0.4, 0.5) is 0 Å². The maximum Gasteiger partial charge on any atom is 0.254 e. The molecule has 4 rings (SSSR count). The van der Waals surface area contributed by atoms with Gasteiger partial charge in [-0.2, -0.15) is 0 Å². The van der Waals surface area contributed by atoms with Gasteiger partial charge in [0.15, 0.2) is 11.5 Å². The van der Waals surface area contributed by atoms with E-state index in [1.54, 1.807) is 30.6 Å². The van der Waals surface area contributed by atoms with Crippen LogP contribution in [0, 0.1) is 0 Å². The molecule has 1 saturated heterocycles. The van der Waals surface area contributed by atoms with Gasteiger partial charge in [-0.25, -0.2) is 0 Å². The zero-order valence-electron chi connectivity index (χ0n) is 15.1. The molecule has 2 aromatic rings. The van der Waals surface area contributed by atoms with E-state index < -0.39 is 0 Å². The Kier molecular flexibility index (Phi) is 5.56. The van der Waals surface area contributed by atoms with Crippen molar-refractivity contribution in [1.29, 1.82) is 0 Å². The van der Waals surface area contributed by atoms with Crippen molar-refractivity contribution in [2.24, 2.45) is 0 Å². The number of methoxy groups -OCH3 is 1. The summed E-state index contributed by atoms with van der Waals surface area (Å²) in [4.78, 5) is 18.6. The highest BCUT2D eigenvalue weighted by atomic mass is 79.9. The van der Waals surface area contributed by atoms with Crippen LogP contribution in [0.25, 0.3) is 0 Å². The van der Waals surface area contributed by atoms with E-state index in [0.717, 1.165) is 23.4 Å². The van der Waals surface area contributed by atoms with E-state index in [9.17, 15) is 4.79 Å². The molecule has 144 valence electrons. The molecular formula is C19H21BrN2O4S. The Bertz CT molecular complexity index is 816. The molecule has 1 amide bonds. The number of hydrogen-bond acceptors (Lipinski definition) is 6. The molecule has 27 heavy (non-hydrogen) atoms. The molecule has 0 aliphatic carbocycles. The Morgan fingerprint density at radius 3 is 2.67 bits per heavy atom. The number of nitrogens with zero attached hydrogens (tertiary/aromatic N) is 2. The number of fused-ring (bicyclic) bond motifs is 1. The van der Waals surface area contributed by atoms with Crippen LogP contribution >= 0.6 is 27.3 Å². The molecule has 6 nitrogen and oxygen atoms in total. The summed E-state index contributed by atoms with van der Waals surface area (Å²) >= 11 is 5.26. The monoisotopic (exact) mass is 452 g/mol. The molecule has 2 aliphatic rings. The molecule has 0 spiro atoms.